The second kappa shape index (κ2) is 7.48. The largest absolute Gasteiger partial charge is 0.493 e. The molecular formula is C15H24N2O2. The Morgan fingerprint density at radius 3 is 2.89 bits per heavy atom. The van der Waals surface area contributed by atoms with Crippen molar-refractivity contribution in [2.75, 3.05) is 39.5 Å². The first kappa shape index (κ1) is 14.3. The van der Waals surface area contributed by atoms with Crippen molar-refractivity contribution in [3.8, 4) is 5.75 Å². The van der Waals surface area contributed by atoms with Crippen molar-refractivity contribution in [1.82, 2.24) is 4.90 Å². The lowest BCUT2D eigenvalue weighted by molar-refractivity contribution is 0.0283. The van der Waals surface area contributed by atoms with Gasteiger partial charge in [0.15, 0.2) is 0 Å². The van der Waals surface area contributed by atoms with Crippen LogP contribution in [0.4, 0.5) is 0 Å². The highest BCUT2D eigenvalue weighted by Gasteiger charge is 2.14. The number of benzene rings is 1. The highest BCUT2D eigenvalue weighted by molar-refractivity contribution is 5.28. The number of morpholine rings is 1. The lowest BCUT2D eigenvalue weighted by Crippen LogP contribution is -2.39. The fraction of sp³-hybridized carbons (Fsp3) is 0.600. The van der Waals surface area contributed by atoms with Gasteiger partial charge in [0.25, 0.3) is 0 Å². The molecule has 1 unspecified atom stereocenters. The van der Waals surface area contributed by atoms with Crippen molar-refractivity contribution in [3.05, 3.63) is 29.8 Å². The Morgan fingerprint density at radius 2 is 2.16 bits per heavy atom. The van der Waals surface area contributed by atoms with Crippen LogP contribution in [-0.4, -0.2) is 44.4 Å². The molecule has 0 aliphatic carbocycles. The molecule has 1 aromatic carbocycles. The van der Waals surface area contributed by atoms with Crippen molar-refractivity contribution in [1.29, 1.82) is 0 Å². The third-order valence-electron chi connectivity index (χ3n) is 3.34. The summed E-state index contributed by atoms with van der Waals surface area (Å²) in [4.78, 5) is 2.44. The molecular weight excluding hydrogens is 240 g/mol. The van der Waals surface area contributed by atoms with Crippen LogP contribution in [-0.2, 0) is 11.3 Å². The van der Waals surface area contributed by atoms with Gasteiger partial charge in [-0.15, -0.1) is 0 Å². The van der Waals surface area contributed by atoms with Gasteiger partial charge in [0, 0.05) is 32.1 Å². The first-order chi connectivity index (χ1) is 9.28. The van der Waals surface area contributed by atoms with Gasteiger partial charge in [-0.3, -0.25) is 4.90 Å². The van der Waals surface area contributed by atoms with Crippen molar-refractivity contribution in [2.24, 2.45) is 11.7 Å². The molecule has 1 aromatic rings. The number of nitrogens with zero attached hydrogens (tertiary/aromatic N) is 1. The minimum absolute atomic E-state index is 0.514. The first-order valence-electron chi connectivity index (χ1n) is 7.00. The molecule has 0 bridgehead atoms. The molecule has 0 radical (unpaired) electrons. The van der Waals surface area contributed by atoms with Crippen LogP contribution in [0.1, 0.15) is 12.5 Å². The van der Waals surface area contributed by atoms with Gasteiger partial charge in [0.2, 0.25) is 0 Å². The van der Waals surface area contributed by atoms with E-state index in [-0.39, 0.29) is 0 Å². The summed E-state index contributed by atoms with van der Waals surface area (Å²) in [5, 5.41) is 0. The van der Waals surface area contributed by atoms with Gasteiger partial charge in [-0.25, -0.2) is 0 Å². The van der Waals surface area contributed by atoms with E-state index >= 15 is 0 Å². The summed E-state index contributed by atoms with van der Waals surface area (Å²) in [6.45, 7) is 8.37. The summed E-state index contributed by atoms with van der Waals surface area (Å²) in [6.07, 6.45) is 0. The SMILES string of the molecule is CC(COc1cccc(CN)c1)CN1CCOCC1. The van der Waals surface area contributed by atoms with Gasteiger partial charge in [-0.2, -0.15) is 0 Å². The molecule has 2 rings (SSSR count). The summed E-state index contributed by atoms with van der Waals surface area (Å²) in [6, 6.07) is 8.01. The molecule has 1 fully saturated rings. The molecule has 0 spiro atoms. The van der Waals surface area contributed by atoms with Gasteiger partial charge >= 0.3 is 0 Å². The van der Waals surface area contributed by atoms with Crippen LogP contribution in [0, 0.1) is 5.92 Å². The van der Waals surface area contributed by atoms with Gasteiger partial charge in [0.1, 0.15) is 5.75 Å². The number of hydrogen-bond donors (Lipinski definition) is 1. The van der Waals surface area contributed by atoms with Crippen LogP contribution >= 0.6 is 0 Å². The van der Waals surface area contributed by atoms with Crippen molar-refractivity contribution in [2.45, 2.75) is 13.5 Å². The quantitative estimate of drug-likeness (QED) is 0.845. The summed E-state index contributed by atoms with van der Waals surface area (Å²) in [5.74, 6) is 1.43. The molecule has 1 aliphatic heterocycles. The number of nitrogens with two attached hydrogens (primary N) is 1. The number of ether oxygens (including phenoxy) is 2. The normalized spacial score (nSPS) is 18.2. The Balaban J connectivity index is 1.74. The Bertz CT molecular complexity index is 378. The Kier molecular flexibility index (Phi) is 5.63. The third-order valence-corrected chi connectivity index (χ3v) is 3.34. The molecule has 0 aromatic heterocycles. The molecule has 1 saturated heterocycles. The molecule has 2 N–H and O–H groups in total. The maximum Gasteiger partial charge on any atom is 0.119 e. The third kappa shape index (κ3) is 4.82. The second-order valence-electron chi connectivity index (χ2n) is 5.18. The van der Waals surface area contributed by atoms with E-state index in [4.69, 9.17) is 15.2 Å². The average molecular weight is 264 g/mol. The minimum atomic E-state index is 0.514. The molecule has 0 amide bonds. The van der Waals surface area contributed by atoms with Crippen molar-refractivity contribution < 1.29 is 9.47 Å². The van der Waals surface area contributed by atoms with E-state index in [9.17, 15) is 0 Å². The van der Waals surface area contributed by atoms with E-state index in [0.717, 1.165) is 50.8 Å². The zero-order valence-corrected chi connectivity index (χ0v) is 11.7. The average Bonchev–Trinajstić information content (AvgIpc) is 2.46. The Labute approximate surface area is 115 Å². The molecule has 1 heterocycles. The molecule has 4 nitrogen and oxygen atoms in total. The van der Waals surface area contributed by atoms with Gasteiger partial charge in [0.05, 0.1) is 19.8 Å². The lowest BCUT2D eigenvalue weighted by atomic mass is 10.1. The monoisotopic (exact) mass is 264 g/mol. The van der Waals surface area contributed by atoms with E-state index < -0.39 is 0 Å². The predicted molar refractivity (Wildman–Crippen MR) is 76.3 cm³/mol. The Hall–Kier alpha value is -1.10. The van der Waals surface area contributed by atoms with E-state index in [1.54, 1.807) is 0 Å². The van der Waals surface area contributed by atoms with E-state index in [0.29, 0.717) is 12.5 Å². The maximum absolute atomic E-state index is 5.84. The molecule has 1 aliphatic rings. The summed E-state index contributed by atoms with van der Waals surface area (Å²) < 4.78 is 11.2. The molecule has 106 valence electrons. The topological polar surface area (TPSA) is 47.7 Å². The van der Waals surface area contributed by atoms with Crippen molar-refractivity contribution in [3.63, 3.8) is 0 Å². The van der Waals surface area contributed by atoms with Crippen LogP contribution in [0.15, 0.2) is 24.3 Å². The predicted octanol–water partition coefficient (Wildman–Crippen LogP) is 1.49. The van der Waals surface area contributed by atoms with Crippen LogP contribution in [0.5, 0.6) is 5.75 Å². The zero-order chi connectivity index (χ0) is 13.5. The fourth-order valence-electron chi connectivity index (χ4n) is 2.28. The second-order valence-corrected chi connectivity index (χ2v) is 5.18. The number of hydrogen-bond acceptors (Lipinski definition) is 4. The van der Waals surface area contributed by atoms with E-state index in [2.05, 4.69) is 11.8 Å². The smallest absolute Gasteiger partial charge is 0.119 e. The standard InChI is InChI=1S/C15H24N2O2/c1-13(11-17-5-7-18-8-6-17)12-19-15-4-2-3-14(9-15)10-16/h2-4,9,13H,5-8,10-12,16H2,1H3. The maximum atomic E-state index is 5.84. The van der Waals surface area contributed by atoms with Gasteiger partial charge in [-0.05, 0) is 17.7 Å². The van der Waals surface area contributed by atoms with Crippen LogP contribution in [0.25, 0.3) is 0 Å². The zero-order valence-electron chi connectivity index (χ0n) is 11.7. The van der Waals surface area contributed by atoms with E-state index in [1.807, 2.05) is 24.3 Å². The van der Waals surface area contributed by atoms with Crippen LogP contribution < -0.4 is 10.5 Å². The minimum Gasteiger partial charge on any atom is -0.493 e. The molecule has 19 heavy (non-hydrogen) atoms. The number of rotatable bonds is 6. The van der Waals surface area contributed by atoms with Crippen LogP contribution in [0.2, 0.25) is 0 Å². The fourth-order valence-corrected chi connectivity index (χ4v) is 2.28. The van der Waals surface area contributed by atoms with Crippen LogP contribution in [0.3, 0.4) is 0 Å². The Morgan fingerprint density at radius 1 is 1.37 bits per heavy atom. The highest BCUT2D eigenvalue weighted by Crippen LogP contribution is 2.14. The summed E-state index contributed by atoms with van der Waals surface area (Å²) in [5.41, 5.74) is 6.73. The molecule has 0 saturated carbocycles. The van der Waals surface area contributed by atoms with Gasteiger partial charge in [-0.1, -0.05) is 19.1 Å². The summed E-state index contributed by atoms with van der Waals surface area (Å²) >= 11 is 0. The first-order valence-corrected chi connectivity index (χ1v) is 7.00. The summed E-state index contributed by atoms with van der Waals surface area (Å²) in [7, 11) is 0. The van der Waals surface area contributed by atoms with Crippen molar-refractivity contribution >= 4 is 0 Å². The molecule has 4 heteroatoms. The lowest BCUT2D eigenvalue weighted by Gasteiger charge is -2.29. The molecule has 1 atom stereocenters. The van der Waals surface area contributed by atoms with E-state index in [1.165, 1.54) is 0 Å². The highest BCUT2D eigenvalue weighted by atomic mass is 16.5. The van der Waals surface area contributed by atoms with Gasteiger partial charge < -0.3 is 15.2 Å².